The van der Waals surface area contributed by atoms with E-state index in [9.17, 15) is 45.5 Å². The van der Waals surface area contributed by atoms with Gasteiger partial charge in [-0.25, -0.2) is 10.3 Å². The smallest absolute Gasteiger partial charge is 0.422 e. The van der Waals surface area contributed by atoms with Crippen LogP contribution in [0.15, 0.2) is 0 Å². The van der Waals surface area contributed by atoms with Gasteiger partial charge in [-0.1, -0.05) is 0 Å². The van der Waals surface area contributed by atoms with Crippen LogP contribution in [-0.2, 0) is 28.8 Å². The topological polar surface area (TPSA) is 123 Å². The molecule has 0 radical (unpaired) electrons. The molecular weight excluding hydrogens is 372 g/mol. The molecule has 0 aromatic heterocycles. The minimum absolute atomic E-state index is 0.468. The molecular formula is C10H11F6N3O6. The normalized spacial score (nSPS) is 11.4. The summed E-state index contributed by atoms with van der Waals surface area (Å²) in [6.45, 7) is -4.75. The van der Waals surface area contributed by atoms with E-state index in [0.29, 0.717) is 0 Å². The number of esters is 1. The van der Waals surface area contributed by atoms with Crippen molar-refractivity contribution in [2.75, 3.05) is 26.3 Å². The van der Waals surface area contributed by atoms with E-state index in [2.05, 4.69) is 9.57 Å². The van der Waals surface area contributed by atoms with Crippen molar-refractivity contribution in [3.8, 4) is 0 Å². The first kappa shape index (κ1) is 22.4. The predicted molar refractivity (Wildman–Crippen MR) is 63.2 cm³/mol. The van der Waals surface area contributed by atoms with Crippen LogP contribution >= 0.6 is 0 Å². The van der Waals surface area contributed by atoms with E-state index in [1.807, 2.05) is 5.32 Å². The van der Waals surface area contributed by atoms with Gasteiger partial charge >= 0.3 is 36.0 Å². The molecule has 3 amide bonds. The molecule has 15 heteroatoms. The fourth-order valence-electron chi connectivity index (χ4n) is 0.947. The zero-order valence-corrected chi connectivity index (χ0v) is 12.0. The van der Waals surface area contributed by atoms with E-state index in [0.717, 1.165) is 0 Å². The summed E-state index contributed by atoms with van der Waals surface area (Å²) < 4.78 is 73.9. The SMILES string of the molecule is O=C(NCCNC(=O)C(=O)OCC(F)(F)F)C(=O)NOCC(F)(F)F. The van der Waals surface area contributed by atoms with Gasteiger partial charge in [-0.15, -0.1) is 0 Å². The van der Waals surface area contributed by atoms with Crippen molar-refractivity contribution in [2.24, 2.45) is 0 Å². The average molecular weight is 383 g/mol. The van der Waals surface area contributed by atoms with Crippen molar-refractivity contribution in [1.82, 2.24) is 16.1 Å². The summed E-state index contributed by atoms with van der Waals surface area (Å²) in [5.41, 5.74) is 1.20. The molecule has 0 aromatic rings. The van der Waals surface area contributed by atoms with E-state index in [4.69, 9.17) is 0 Å². The Morgan fingerprint density at radius 1 is 0.720 bits per heavy atom. The molecule has 0 unspecified atom stereocenters. The number of rotatable bonds is 6. The second-order valence-corrected chi connectivity index (χ2v) is 4.04. The summed E-state index contributed by atoms with van der Waals surface area (Å²) in [6, 6.07) is 0. The average Bonchev–Trinajstić information content (AvgIpc) is 2.46. The Morgan fingerprint density at radius 2 is 1.20 bits per heavy atom. The van der Waals surface area contributed by atoms with Gasteiger partial charge in [0.05, 0.1) is 0 Å². The maximum Gasteiger partial charge on any atom is 0.422 e. The van der Waals surface area contributed by atoms with Gasteiger partial charge in [-0.2, -0.15) is 26.3 Å². The molecule has 0 saturated carbocycles. The van der Waals surface area contributed by atoms with E-state index >= 15 is 0 Å². The Hall–Kier alpha value is -2.58. The second-order valence-electron chi connectivity index (χ2n) is 4.04. The van der Waals surface area contributed by atoms with Crippen LogP contribution in [0.4, 0.5) is 26.3 Å². The Balaban J connectivity index is 3.92. The van der Waals surface area contributed by atoms with Gasteiger partial charge in [-0.3, -0.25) is 19.2 Å². The lowest BCUT2D eigenvalue weighted by molar-refractivity contribution is -0.192. The fraction of sp³-hybridized carbons (Fsp3) is 0.600. The number of hydroxylamine groups is 1. The molecule has 0 spiro atoms. The lowest BCUT2D eigenvalue weighted by atomic mass is 10.5. The zero-order chi connectivity index (χ0) is 19.7. The zero-order valence-electron chi connectivity index (χ0n) is 12.0. The van der Waals surface area contributed by atoms with Gasteiger partial charge < -0.3 is 15.4 Å². The Bertz CT molecular complexity index is 506. The lowest BCUT2D eigenvalue weighted by Gasteiger charge is -2.09. The number of nitrogens with one attached hydrogen (secondary N) is 3. The molecule has 3 N–H and O–H groups in total. The summed E-state index contributed by atoms with van der Waals surface area (Å²) in [5, 5.41) is 3.59. The number of carbonyl (C=O) groups excluding carboxylic acids is 4. The summed E-state index contributed by atoms with van der Waals surface area (Å²) in [5.74, 6) is -6.34. The third-order valence-electron chi connectivity index (χ3n) is 1.86. The van der Waals surface area contributed by atoms with Crippen LogP contribution in [0, 0.1) is 0 Å². The van der Waals surface area contributed by atoms with Gasteiger partial charge in [0.25, 0.3) is 0 Å². The minimum Gasteiger partial charge on any atom is -0.449 e. The first-order valence-electron chi connectivity index (χ1n) is 6.10. The maximum absolute atomic E-state index is 11.7. The van der Waals surface area contributed by atoms with Gasteiger partial charge in [0.1, 0.15) is 0 Å². The maximum atomic E-state index is 11.7. The van der Waals surface area contributed by atoms with Gasteiger partial charge in [0, 0.05) is 13.1 Å². The van der Waals surface area contributed by atoms with E-state index in [1.54, 1.807) is 5.32 Å². The van der Waals surface area contributed by atoms with E-state index in [1.165, 1.54) is 5.48 Å². The summed E-state index contributed by atoms with van der Waals surface area (Å²) >= 11 is 0. The van der Waals surface area contributed by atoms with E-state index in [-0.39, 0.29) is 0 Å². The van der Waals surface area contributed by atoms with Crippen molar-refractivity contribution in [2.45, 2.75) is 12.4 Å². The van der Waals surface area contributed by atoms with Crippen LogP contribution in [0.3, 0.4) is 0 Å². The standard InChI is InChI=1S/C10H11F6N3O6/c11-9(12,13)3-24-8(23)7(22)18-2-1-17-5(20)6(21)19-25-4-10(14,15)16/h1-4H2,(H,17,20)(H,18,22)(H,19,21). The number of carbonyl (C=O) groups is 4. The van der Waals surface area contributed by atoms with Crippen LogP contribution in [-0.4, -0.2) is 62.3 Å². The predicted octanol–water partition coefficient (Wildman–Crippen LogP) is -1.07. The summed E-state index contributed by atoms with van der Waals surface area (Å²) in [4.78, 5) is 47.6. The fourth-order valence-corrected chi connectivity index (χ4v) is 0.947. The molecule has 25 heavy (non-hydrogen) atoms. The highest BCUT2D eigenvalue weighted by Crippen LogP contribution is 2.14. The Kier molecular flexibility index (Phi) is 8.66. The molecule has 0 heterocycles. The van der Waals surface area contributed by atoms with Gasteiger partial charge in [0.15, 0.2) is 13.2 Å². The molecule has 0 aromatic carbocycles. The second kappa shape index (κ2) is 9.65. The molecule has 0 atom stereocenters. The van der Waals surface area contributed by atoms with Crippen LogP contribution < -0.4 is 16.1 Å². The molecule has 0 fully saturated rings. The van der Waals surface area contributed by atoms with Gasteiger partial charge in [-0.05, 0) is 0 Å². The van der Waals surface area contributed by atoms with E-state index < -0.39 is 62.3 Å². The number of amides is 3. The van der Waals surface area contributed by atoms with Gasteiger partial charge in [0.2, 0.25) is 0 Å². The molecule has 0 aliphatic carbocycles. The molecule has 0 aliphatic rings. The number of ether oxygens (including phenoxy) is 1. The highest BCUT2D eigenvalue weighted by atomic mass is 19.4. The molecule has 0 saturated heterocycles. The van der Waals surface area contributed by atoms with Crippen LogP contribution in [0.25, 0.3) is 0 Å². The number of hydrogen-bond donors (Lipinski definition) is 3. The highest BCUT2D eigenvalue weighted by Gasteiger charge is 2.31. The Labute approximate surface area is 134 Å². The van der Waals surface area contributed by atoms with Crippen LogP contribution in [0.1, 0.15) is 0 Å². The van der Waals surface area contributed by atoms with Crippen molar-refractivity contribution in [1.29, 1.82) is 0 Å². The monoisotopic (exact) mass is 383 g/mol. The lowest BCUT2D eigenvalue weighted by Crippen LogP contribution is -2.44. The van der Waals surface area contributed by atoms with Crippen LogP contribution in [0.5, 0.6) is 0 Å². The third-order valence-corrected chi connectivity index (χ3v) is 1.86. The molecule has 144 valence electrons. The first-order valence-corrected chi connectivity index (χ1v) is 6.10. The quantitative estimate of drug-likeness (QED) is 0.177. The first-order chi connectivity index (χ1) is 11.3. The molecule has 0 bridgehead atoms. The van der Waals surface area contributed by atoms with Crippen molar-refractivity contribution in [3.05, 3.63) is 0 Å². The van der Waals surface area contributed by atoms with Crippen molar-refractivity contribution >= 4 is 23.7 Å². The Morgan fingerprint density at radius 3 is 1.68 bits per heavy atom. The van der Waals surface area contributed by atoms with Crippen molar-refractivity contribution < 1.29 is 55.1 Å². The summed E-state index contributed by atoms with van der Waals surface area (Å²) in [7, 11) is 0. The molecule has 0 rings (SSSR count). The number of hydrogen-bond acceptors (Lipinski definition) is 6. The van der Waals surface area contributed by atoms with Crippen molar-refractivity contribution in [3.63, 3.8) is 0 Å². The van der Waals surface area contributed by atoms with Crippen LogP contribution in [0.2, 0.25) is 0 Å². The minimum atomic E-state index is -4.81. The number of halogens is 6. The molecule has 9 nitrogen and oxygen atoms in total. The largest absolute Gasteiger partial charge is 0.449 e. The highest BCUT2D eigenvalue weighted by molar-refractivity contribution is 6.34. The molecule has 0 aliphatic heterocycles. The number of alkyl halides is 6. The summed E-state index contributed by atoms with van der Waals surface area (Å²) in [6.07, 6.45) is -9.54. The third kappa shape index (κ3) is 12.5.